The molecule has 3 rings (SSSR count). The Morgan fingerprint density at radius 3 is 2.77 bits per heavy atom. The number of rotatable bonds is 4. The Hall–Kier alpha value is -2.40. The normalized spacial score (nSPS) is 10.7. The first kappa shape index (κ1) is 14.5. The highest BCUT2D eigenvalue weighted by molar-refractivity contribution is 6.31. The summed E-state index contributed by atoms with van der Waals surface area (Å²) < 4.78 is 18.7. The predicted molar refractivity (Wildman–Crippen MR) is 83.2 cm³/mol. The molecule has 22 heavy (non-hydrogen) atoms. The van der Waals surface area contributed by atoms with Gasteiger partial charge in [0.2, 0.25) is 11.8 Å². The lowest BCUT2D eigenvalue weighted by Crippen LogP contribution is -1.99. The van der Waals surface area contributed by atoms with Crippen molar-refractivity contribution >= 4 is 17.3 Å². The highest BCUT2D eigenvalue weighted by atomic mass is 35.5. The zero-order valence-electron chi connectivity index (χ0n) is 11.8. The molecule has 0 saturated carbocycles. The second-order valence-corrected chi connectivity index (χ2v) is 5.21. The lowest BCUT2D eigenvalue weighted by atomic mass is 10.1. The molecule has 0 aliphatic heterocycles. The zero-order valence-corrected chi connectivity index (χ0v) is 12.6. The van der Waals surface area contributed by atoms with Crippen LogP contribution in [0.4, 0.5) is 10.1 Å². The molecule has 0 radical (unpaired) electrons. The lowest BCUT2D eigenvalue weighted by molar-refractivity contribution is 0.514. The fourth-order valence-corrected chi connectivity index (χ4v) is 2.21. The highest BCUT2D eigenvalue weighted by Gasteiger charge is 2.10. The van der Waals surface area contributed by atoms with Crippen molar-refractivity contribution in [2.75, 3.05) is 5.32 Å². The summed E-state index contributed by atoms with van der Waals surface area (Å²) in [6, 6.07) is 12.2. The Labute approximate surface area is 131 Å². The SMILES string of the molecule is Cc1ccccc1-c1nnc(CNc2ccc(F)c(Cl)c2)o1. The van der Waals surface area contributed by atoms with Crippen molar-refractivity contribution in [3.8, 4) is 11.5 Å². The van der Waals surface area contributed by atoms with E-state index >= 15 is 0 Å². The lowest BCUT2D eigenvalue weighted by Gasteiger charge is -2.04. The van der Waals surface area contributed by atoms with Crippen molar-refractivity contribution in [1.29, 1.82) is 0 Å². The first-order valence-corrected chi connectivity index (χ1v) is 7.08. The minimum atomic E-state index is -0.452. The van der Waals surface area contributed by atoms with Gasteiger partial charge < -0.3 is 9.73 Å². The molecular formula is C16H13ClFN3O. The van der Waals surface area contributed by atoms with Gasteiger partial charge in [-0.25, -0.2) is 4.39 Å². The van der Waals surface area contributed by atoms with Crippen molar-refractivity contribution in [2.45, 2.75) is 13.5 Å². The molecule has 0 saturated heterocycles. The van der Waals surface area contributed by atoms with Crippen LogP contribution < -0.4 is 5.32 Å². The van der Waals surface area contributed by atoms with E-state index in [1.165, 1.54) is 12.1 Å². The van der Waals surface area contributed by atoms with Crippen LogP contribution >= 0.6 is 11.6 Å². The second-order valence-electron chi connectivity index (χ2n) is 4.80. The molecule has 0 spiro atoms. The molecule has 112 valence electrons. The molecule has 3 aromatic rings. The van der Waals surface area contributed by atoms with Gasteiger partial charge in [-0.3, -0.25) is 0 Å². The second kappa shape index (κ2) is 6.15. The molecule has 1 aromatic heterocycles. The summed E-state index contributed by atoms with van der Waals surface area (Å²) in [7, 11) is 0. The van der Waals surface area contributed by atoms with Crippen LogP contribution in [0.3, 0.4) is 0 Å². The quantitative estimate of drug-likeness (QED) is 0.772. The van der Waals surface area contributed by atoms with Gasteiger partial charge in [0.05, 0.1) is 11.6 Å². The summed E-state index contributed by atoms with van der Waals surface area (Å²) >= 11 is 5.73. The van der Waals surface area contributed by atoms with E-state index in [0.29, 0.717) is 24.0 Å². The number of anilines is 1. The summed E-state index contributed by atoms with van der Waals surface area (Å²) in [6.07, 6.45) is 0. The third-order valence-electron chi connectivity index (χ3n) is 3.21. The Bertz CT molecular complexity index is 804. The molecule has 0 atom stereocenters. The van der Waals surface area contributed by atoms with Gasteiger partial charge >= 0.3 is 0 Å². The first-order valence-electron chi connectivity index (χ1n) is 6.71. The summed E-state index contributed by atoms with van der Waals surface area (Å²) in [5.74, 6) is 0.470. The number of halogens is 2. The average molecular weight is 318 g/mol. The van der Waals surface area contributed by atoms with Gasteiger partial charge in [-0.1, -0.05) is 29.8 Å². The van der Waals surface area contributed by atoms with Crippen LogP contribution in [0.15, 0.2) is 46.9 Å². The molecule has 1 N–H and O–H groups in total. The topological polar surface area (TPSA) is 51.0 Å². The number of aromatic nitrogens is 2. The Morgan fingerprint density at radius 1 is 1.18 bits per heavy atom. The molecule has 0 aliphatic rings. The van der Waals surface area contributed by atoms with Crippen molar-refractivity contribution < 1.29 is 8.81 Å². The molecule has 0 bridgehead atoms. The smallest absolute Gasteiger partial charge is 0.248 e. The molecule has 0 unspecified atom stereocenters. The molecule has 2 aromatic carbocycles. The molecular weight excluding hydrogens is 305 g/mol. The monoisotopic (exact) mass is 317 g/mol. The summed E-state index contributed by atoms with van der Waals surface area (Å²) in [6.45, 7) is 2.32. The number of nitrogens with zero attached hydrogens (tertiary/aromatic N) is 2. The van der Waals surface area contributed by atoms with Gasteiger partial charge in [0.1, 0.15) is 5.82 Å². The van der Waals surface area contributed by atoms with Crippen LogP contribution in [-0.2, 0) is 6.54 Å². The molecule has 0 fully saturated rings. The summed E-state index contributed by atoms with van der Waals surface area (Å²) in [5, 5.41) is 11.2. The van der Waals surface area contributed by atoms with Crippen LogP contribution in [0, 0.1) is 12.7 Å². The van der Waals surface area contributed by atoms with Crippen LogP contribution in [-0.4, -0.2) is 10.2 Å². The fourth-order valence-electron chi connectivity index (χ4n) is 2.03. The van der Waals surface area contributed by atoms with E-state index in [4.69, 9.17) is 16.0 Å². The van der Waals surface area contributed by atoms with Crippen molar-refractivity contribution in [1.82, 2.24) is 10.2 Å². The van der Waals surface area contributed by atoms with E-state index in [1.54, 1.807) is 6.07 Å². The number of hydrogen-bond donors (Lipinski definition) is 1. The predicted octanol–water partition coefficient (Wildman–Crippen LogP) is 4.45. The number of hydrogen-bond acceptors (Lipinski definition) is 4. The van der Waals surface area contributed by atoms with E-state index < -0.39 is 5.82 Å². The van der Waals surface area contributed by atoms with E-state index in [2.05, 4.69) is 15.5 Å². The van der Waals surface area contributed by atoms with Gasteiger partial charge in [0, 0.05) is 11.3 Å². The molecule has 4 nitrogen and oxygen atoms in total. The van der Waals surface area contributed by atoms with Gasteiger partial charge in [0.25, 0.3) is 0 Å². The van der Waals surface area contributed by atoms with Gasteiger partial charge in [-0.05, 0) is 36.8 Å². The maximum Gasteiger partial charge on any atom is 0.248 e. The minimum absolute atomic E-state index is 0.0659. The Kier molecular flexibility index (Phi) is 4.06. The summed E-state index contributed by atoms with van der Waals surface area (Å²) in [5.41, 5.74) is 2.66. The number of aryl methyl sites for hydroxylation is 1. The Balaban J connectivity index is 1.72. The highest BCUT2D eigenvalue weighted by Crippen LogP contribution is 2.23. The first-order chi connectivity index (χ1) is 10.6. The van der Waals surface area contributed by atoms with Crippen molar-refractivity contribution in [2.24, 2.45) is 0 Å². The largest absolute Gasteiger partial charge is 0.419 e. The van der Waals surface area contributed by atoms with Crippen molar-refractivity contribution in [3.63, 3.8) is 0 Å². The summed E-state index contributed by atoms with van der Waals surface area (Å²) in [4.78, 5) is 0. The number of nitrogens with one attached hydrogen (secondary N) is 1. The number of benzene rings is 2. The minimum Gasteiger partial charge on any atom is -0.419 e. The maximum absolute atomic E-state index is 13.1. The van der Waals surface area contributed by atoms with E-state index in [-0.39, 0.29) is 5.02 Å². The standard InChI is InChI=1S/C16H13ClFN3O/c1-10-4-2-3-5-12(10)16-21-20-15(22-16)9-19-11-6-7-14(18)13(17)8-11/h2-8,19H,9H2,1H3. The Morgan fingerprint density at radius 2 is 2.00 bits per heavy atom. The van der Waals surface area contributed by atoms with E-state index in [1.807, 2.05) is 31.2 Å². The third kappa shape index (κ3) is 3.09. The van der Waals surface area contributed by atoms with Crippen molar-refractivity contribution in [3.05, 3.63) is 64.8 Å². The van der Waals surface area contributed by atoms with Crippen LogP contribution in [0.5, 0.6) is 0 Å². The maximum atomic E-state index is 13.1. The van der Waals surface area contributed by atoms with E-state index in [0.717, 1.165) is 11.1 Å². The fraction of sp³-hybridized carbons (Fsp3) is 0.125. The van der Waals surface area contributed by atoms with Gasteiger partial charge in [0.15, 0.2) is 0 Å². The molecule has 0 amide bonds. The average Bonchev–Trinajstić information content (AvgIpc) is 2.98. The van der Waals surface area contributed by atoms with Crippen LogP contribution in [0.25, 0.3) is 11.5 Å². The zero-order chi connectivity index (χ0) is 15.5. The molecule has 1 heterocycles. The molecule has 0 aliphatic carbocycles. The van der Waals surface area contributed by atoms with E-state index in [9.17, 15) is 4.39 Å². The van der Waals surface area contributed by atoms with Crippen LogP contribution in [0.1, 0.15) is 11.5 Å². The van der Waals surface area contributed by atoms with Gasteiger partial charge in [-0.2, -0.15) is 0 Å². The van der Waals surface area contributed by atoms with Crippen LogP contribution in [0.2, 0.25) is 5.02 Å². The third-order valence-corrected chi connectivity index (χ3v) is 3.50. The molecule has 6 heteroatoms. The van der Waals surface area contributed by atoms with Gasteiger partial charge in [-0.15, -0.1) is 10.2 Å².